The van der Waals surface area contributed by atoms with Crippen molar-refractivity contribution in [2.24, 2.45) is 4.99 Å². The van der Waals surface area contributed by atoms with Crippen molar-refractivity contribution in [1.82, 2.24) is 9.78 Å². The molecule has 0 fully saturated rings. The molecule has 0 aromatic carbocycles. The van der Waals surface area contributed by atoms with Crippen LogP contribution < -0.4 is 0 Å². The van der Waals surface area contributed by atoms with Crippen LogP contribution in [0.3, 0.4) is 0 Å². The van der Waals surface area contributed by atoms with Gasteiger partial charge in [0.15, 0.2) is 6.04 Å². The molecule has 1 atom stereocenters. The highest BCUT2D eigenvalue weighted by molar-refractivity contribution is 8.14. The predicted molar refractivity (Wildman–Crippen MR) is 58.3 cm³/mol. The van der Waals surface area contributed by atoms with Crippen LogP contribution in [0.25, 0.3) is 0 Å². The molecule has 0 amide bonds. The molecule has 0 bridgehead atoms. The van der Waals surface area contributed by atoms with E-state index in [4.69, 9.17) is 5.11 Å². The highest BCUT2D eigenvalue weighted by atomic mass is 32.2. The Hall–Kier alpha value is -1.30. The van der Waals surface area contributed by atoms with E-state index in [9.17, 15) is 4.79 Å². The minimum Gasteiger partial charge on any atom is -0.480 e. The summed E-state index contributed by atoms with van der Waals surface area (Å²) in [5.74, 6) is -0.320. The third kappa shape index (κ3) is 2.38. The largest absolute Gasteiger partial charge is 0.480 e. The third-order valence-electron chi connectivity index (χ3n) is 2.05. The summed E-state index contributed by atoms with van der Waals surface area (Å²) in [4.78, 5) is 14.8. The lowest BCUT2D eigenvalue weighted by atomic mass is 10.4. The summed E-state index contributed by atoms with van der Waals surface area (Å²) in [5, 5.41) is 13.7. The topological polar surface area (TPSA) is 67.5 Å². The molecule has 0 saturated carbocycles. The van der Waals surface area contributed by atoms with Gasteiger partial charge in [0.1, 0.15) is 0 Å². The Labute approximate surface area is 91.2 Å². The summed E-state index contributed by atoms with van der Waals surface area (Å²) >= 11 is 1.49. The molecule has 2 rings (SSSR count). The lowest BCUT2D eigenvalue weighted by Crippen LogP contribution is -2.17. The van der Waals surface area contributed by atoms with Crippen molar-refractivity contribution < 1.29 is 9.90 Å². The van der Waals surface area contributed by atoms with Crippen LogP contribution in [-0.4, -0.2) is 37.7 Å². The van der Waals surface area contributed by atoms with E-state index in [1.807, 2.05) is 13.1 Å². The van der Waals surface area contributed by atoms with Crippen LogP contribution in [-0.2, 0) is 11.3 Å². The summed E-state index contributed by atoms with van der Waals surface area (Å²) in [7, 11) is 0. The zero-order valence-corrected chi connectivity index (χ0v) is 9.07. The van der Waals surface area contributed by atoms with Crippen molar-refractivity contribution in [2.75, 3.05) is 5.75 Å². The molecule has 1 aromatic rings. The Kier molecular flexibility index (Phi) is 2.77. The number of carboxylic acid groups (broad SMARTS) is 1. The number of aliphatic imine (C=N–C) groups is 1. The second-order valence-corrected chi connectivity index (χ2v) is 4.50. The fourth-order valence-electron chi connectivity index (χ4n) is 1.33. The Morgan fingerprint density at radius 3 is 3.13 bits per heavy atom. The fourth-order valence-corrected chi connectivity index (χ4v) is 2.32. The Morgan fingerprint density at radius 2 is 2.60 bits per heavy atom. The number of aromatic nitrogens is 2. The van der Waals surface area contributed by atoms with Gasteiger partial charge in [0, 0.05) is 11.9 Å². The van der Waals surface area contributed by atoms with Gasteiger partial charge in [-0.2, -0.15) is 5.10 Å². The minimum absolute atomic E-state index is 0.533. The zero-order chi connectivity index (χ0) is 10.8. The normalized spacial score (nSPS) is 20.3. The first-order valence-corrected chi connectivity index (χ1v) is 5.55. The standard InChI is InChI=1S/C9H11N3O2S/c1-6-2-10-12(3-6)4-8-11-7(5-15-8)9(13)14/h2-3,7H,4-5H2,1H3,(H,13,14). The zero-order valence-electron chi connectivity index (χ0n) is 8.25. The molecule has 1 aliphatic heterocycles. The number of aryl methyl sites for hydroxylation is 1. The first kappa shape index (κ1) is 10.2. The van der Waals surface area contributed by atoms with Gasteiger partial charge in [-0.05, 0) is 12.5 Å². The van der Waals surface area contributed by atoms with Gasteiger partial charge in [0.2, 0.25) is 0 Å². The lowest BCUT2D eigenvalue weighted by molar-refractivity contribution is -0.137. The Bertz CT molecular complexity index is 413. The van der Waals surface area contributed by atoms with E-state index < -0.39 is 12.0 Å². The van der Waals surface area contributed by atoms with Gasteiger partial charge in [-0.1, -0.05) is 0 Å². The maximum atomic E-state index is 10.7. The summed E-state index contributed by atoms with van der Waals surface area (Å²) in [6.45, 7) is 2.54. The van der Waals surface area contributed by atoms with E-state index in [0.29, 0.717) is 12.3 Å². The minimum atomic E-state index is -0.853. The number of aliphatic carboxylic acids is 1. The van der Waals surface area contributed by atoms with E-state index in [1.165, 1.54) is 11.8 Å². The molecule has 1 N–H and O–H groups in total. The molecule has 1 aromatic heterocycles. The lowest BCUT2D eigenvalue weighted by Gasteiger charge is -1.98. The molecule has 0 saturated heterocycles. The van der Waals surface area contributed by atoms with Gasteiger partial charge in [-0.25, -0.2) is 4.79 Å². The quantitative estimate of drug-likeness (QED) is 0.825. The molecule has 0 aliphatic carbocycles. The fraction of sp³-hybridized carbons (Fsp3) is 0.444. The van der Waals surface area contributed by atoms with Gasteiger partial charge < -0.3 is 5.11 Å². The summed E-state index contributed by atoms with van der Waals surface area (Å²) in [6.07, 6.45) is 3.69. The van der Waals surface area contributed by atoms with Crippen LogP contribution in [0.2, 0.25) is 0 Å². The SMILES string of the molecule is Cc1cnn(CC2=NC(C(=O)O)CS2)c1. The molecular weight excluding hydrogens is 214 g/mol. The molecule has 5 nitrogen and oxygen atoms in total. The number of hydrogen-bond acceptors (Lipinski definition) is 4. The average Bonchev–Trinajstić information content (AvgIpc) is 2.76. The van der Waals surface area contributed by atoms with Crippen LogP contribution in [0.5, 0.6) is 0 Å². The van der Waals surface area contributed by atoms with E-state index in [2.05, 4.69) is 10.1 Å². The second kappa shape index (κ2) is 4.06. The highest BCUT2D eigenvalue weighted by Crippen LogP contribution is 2.19. The average molecular weight is 225 g/mol. The van der Waals surface area contributed by atoms with Gasteiger partial charge >= 0.3 is 5.97 Å². The number of hydrogen-bond donors (Lipinski definition) is 1. The maximum absolute atomic E-state index is 10.7. The monoisotopic (exact) mass is 225 g/mol. The van der Waals surface area contributed by atoms with E-state index in [-0.39, 0.29) is 0 Å². The summed E-state index contributed by atoms with van der Waals surface area (Å²) in [6, 6.07) is -0.582. The number of rotatable bonds is 3. The molecular formula is C9H11N3O2S. The summed E-state index contributed by atoms with van der Waals surface area (Å²) < 4.78 is 1.77. The van der Waals surface area contributed by atoms with Crippen LogP contribution in [0.1, 0.15) is 5.56 Å². The molecule has 0 radical (unpaired) electrons. The molecule has 1 unspecified atom stereocenters. The van der Waals surface area contributed by atoms with E-state index in [1.54, 1.807) is 10.9 Å². The maximum Gasteiger partial charge on any atom is 0.329 e. The molecule has 6 heteroatoms. The summed E-state index contributed by atoms with van der Waals surface area (Å²) in [5.41, 5.74) is 1.09. The van der Waals surface area contributed by atoms with Crippen LogP contribution in [0.4, 0.5) is 0 Å². The Morgan fingerprint density at radius 1 is 1.80 bits per heavy atom. The van der Waals surface area contributed by atoms with Gasteiger partial charge in [0.05, 0.1) is 17.8 Å². The second-order valence-electron chi connectivity index (χ2n) is 3.40. The van der Waals surface area contributed by atoms with Crippen LogP contribution in [0, 0.1) is 6.92 Å². The molecule has 0 spiro atoms. The Balaban J connectivity index is 2.02. The smallest absolute Gasteiger partial charge is 0.329 e. The first-order valence-electron chi connectivity index (χ1n) is 4.56. The van der Waals surface area contributed by atoms with Gasteiger partial charge in [-0.15, -0.1) is 11.8 Å². The molecule has 1 aliphatic rings. The van der Waals surface area contributed by atoms with Crippen molar-refractivity contribution in [3.8, 4) is 0 Å². The number of thioether (sulfide) groups is 1. The van der Waals surface area contributed by atoms with Crippen molar-refractivity contribution >= 4 is 22.8 Å². The highest BCUT2D eigenvalue weighted by Gasteiger charge is 2.24. The predicted octanol–water partition coefficient (Wildman–Crippen LogP) is 0.790. The molecule has 15 heavy (non-hydrogen) atoms. The number of nitrogens with zero attached hydrogens (tertiary/aromatic N) is 3. The van der Waals surface area contributed by atoms with Crippen molar-refractivity contribution in [2.45, 2.75) is 19.5 Å². The van der Waals surface area contributed by atoms with E-state index in [0.717, 1.165) is 10.6 Å². The first-order chi connectivity index (χ1) is 7.15. The van der Waals surface area contributed by atoms with Crippen LogP contribution in [0.15, 0.2) is 17.4 Å². The number of carboxylic acids is 1. The molecule has 2 heterocycles. The molecule has 80 valence electrons. The third-order valence-corrected chi connectivity index (χ3v) is 3.10. The van der Waals surface area contributed by atoms with Gasteiger partial charge in [0.25, 0.3) is 0 Å². The van der Waals surface area contributed by atoms with Gasteiger partial charge in [-0.3, -0.25) is 9.67 Å². The van der Waals surface area contributed by atoms with Crippen LogP contribution >= 0.6 is 11.8 Å². The van der Waals surface area contributed by atoms with Crippen molar-refractivity contribution in [3.63, 3.8) is 0 Å². The number of carbonyl (C=O) groups is 1. The van der Waals surface area contributed by atoms with E-state index >= 15 is 0 Å². The van der Waals surface area contributed by atoms with Crippen molar-refractivity contribution in [1.29, 1.82) is 0 Å². The van der Waals surface area contributed by atoms with Crippen molar-refractivity contribution in [3.05, 3.63) is 18.0 Å².